The van der Waals surface area contributed by atoms with Crippen molar-refractivity contribution in [1.29, 1.82) is 0 Å². The minimum Gasteiger partial charge on any atom is -0.488 e. The molecule has 0 bridgehead atoms. The Morgan fingerprint density at radius 2 is 1.54 bits per heavy atom. The van der Waals surface area contributed by atoms with Crippen LogP contribution in [0.4, 0.5) is 13.2 Å². The molecular formula is C21H15F3O2. The maximum Gasteiger partial charge on any atom is 0.417 e. The van der Waals surface area contributed by atoms with Crippen molar-refractivity contribution in [2.45, 2.75) is 12.8 Å². The first-order valence-electron chi connectivity index (χ1n) is 7.91. The molecule has 132 valence electrons. The fourth-order valence-electron chi connectivity index (χ4n) is 2.66. The van der Waals surface area contributed by atoms with Crippen molar-refractivity contribution in [2.24, 2.45) is 0 Å². The Balaban J connectivity index is 2.03. The summed E-state index contributed by atoms with van der Waals surface area (Å²) in [6.07, 6.45) is -4.01. The van der Waals surface area contributed by atoms with Gasteiger partial charge in [-0.05, 0) is 29.3 Å². The molecule has 0 radical (unpaired) electrons. The maximum absolute atomic E-state index is 13.4. The van der Waals surface area contributed by atoms with E-state index in [0.717, 1.165) is 17.7 Å². The van der Waals surface area contributed by atoms with Crippen molar-refractivity contribution in [1.82, 2.24) is 0 Å². The van der Waals surface area contributed by atoms with Gasteiger partial charge in [0.15, 0.2) is 0 Å². The topological polar surface area (TPSA) is 26.3 Å². The Morgan fingerprint density at radius 1 is 0.846 bits per heavy atom. The molecule has 0 fully saturated rings. The van der Waals surface area contributed by atoms with E-state index in [1.807, 2.05) is 30.3 Å². The lowest BCUT2D eigenvalue weighted by molar-refractivity contribution is -0.137. The molecule has 2 nitrogen and oxygen atoms in total. The molecule has 0 spiro atoms. The fourth-order valence-corrected chi connectivity index (χ4v) is 2.66. The van der Waals surface area contributed by atoms with E-state index in [-0.39, 0.29) is 17.7 Å². The zero-order valence-electron chi connectivity index (χ0n) is 13.7. The molecule has 0 saturated carbocycles. The summed E-state index contributed by atoms with van der Waals surface area (Å²) in [6.45, 7) is 0.229. The number of alkyl halides is 3. The molecule has 3 aromatic carbocycles. The van der Waals surface area contributed by atoms with Crippen molar-refractivity contribution in [3.8, 4) is 16.9 Å². The van der Waals surface area contributed by atoms with Crippen LogP contribution in [0.15, 0.2) is 72.8 Å². The summed E-state index contributed by atoms with van der Waals surface area (Å²) in [4.78, 5) is 11.0. The Morgan fingerprint density at radius 3 is 2.23 bits per heavy atom. The van der Waals surface area contributed by atoms with Crippen LogP contribution in [0, 0.1) is 0 Å². The molecule has 0 N–H and O–H groups in total. The van der Waals surface area contributed by atoms with Crippen LogP contribution >= 0.6 is 0 Å². The third kappa shape index (κ3) is 3.94. The Bertz CT molecular complexity index is 903. The van der Waals surface area contributed by atoms with Crippen LogP contribution in [-0.2, 0) is 12.8 Å². The number of benzene rings is 3. The first kappa shape index (κ1) is 17.7. The molecule has 0 atom stereocenters. The lowest BCUT2D eigenvalue weighted by atomic mass is 9.96. The lowest BCUT2D eigenvalue weighted by Crippen LogP contribution is -2.08. The van der Waals surface area contributed by atoms with Gasteiger partial charge in [-0.3, -0.25) is 4.79 Å². The second-order valence-corrected chi connectivity index (χ2v) is 5.69. The van der Waals surface area contributed by atoms with Crippen LogP contribution in [0.5, 0.6) is 5.75 Å². The third-order valence-corrected chi connectivity index (χ3v) is 3.90. The first-order chi connectivity index (χ1) is 12.5. The molecule has 0 aliphatic heterocycles. The molecule has 0 aliphatic carbocycles. The highest BCUT2D eigenvalue weighted by Crippen LogP contribution is 2.40. The highest BCUT2D eigenvalue weighted by Gasteiger charge is 2.34. The average molecular weight is 356 g/mol. The summed E-state index contributed by atoms with van der Waals surface area (Å²) in [5.41, 5.74) is 0.481. The number of rotatable bonds is 5. The molecule has 0 saturated heterocycles. The summed E-state index contributed by atoms with van der Waals surface area (Å²) in [5, 5.41) is 0. The van der Waals surface area contributed by atoms with Gasteiger partial charge >= 0.3 is 6.18 Å². The molecular weight excluding hydrogens is 341 g/mol. The molecule has 3 aromatic rings. The van der Waals surface area contributed by atoms with Crippen LogP contribution in [0.1, 0.15) is 21.5 Å². The number of para-hydroxylation sites is 1. The van der Waals surface area contributed by atoms with E-state index in [0.29, 0.717) is 17.6 Å². The zero-order valence-corrected chi connectivity index (χ0v) is 13.7. The van der Waals surface area contributed by atoms with Crippen LogP contribution in [0.25, 0.3) is 11.1 Å². The molecule has 0 heterocycles. The normalized spacial score (nSPS) is 11.2. The van der Waals surface area contributed by atoms with Gasteiger partial charge in [-0.1, -0.05) is 54.6 Å². The summed E-state index contributed by atoms with van der Waals surface area (Å²) in [6, 6.07) is 19.2. The van der Waals surface area contributed by atoms with Crippen molar-refractivity contribution < 1.29 is 22.7 Å². The summed E-state index contributed by atoms with van der Waals surface area (Å²) in [5.74, 6) is 0.324. The third-order valence-electron chi connectivity index (χ3n) is 3.90. The number of hydrogen-bond donors (Lipinski definition) is 0. The molecule has 0 aromatic heterocycles. The van der Waals surface area contributed by atoms with Gasteiger partial charge in [0.1, 0.15) is 18.6 Å². The van der Waals surface area contributed by atoms with Gasteiger partial charge in [0.05, 0.1) is 5.56 Å². The van der Waals surface area contributed by atoms with E-state index < -0.39 is 11.7 Å². The van der Waals surface area contributed by atoms with Gasteiger partial charge in [-0.15, -0.1) is 0 Å². The van der Waals surface area contributed by atoms with Crippen molar-refractivity contribution in [2.75, 3.05) is 0 Å². The first-order valence-corrected chi connectivity index (χ1v) is 7.91. The van der Waals surface area contributed by atoms with Crippen molar-refractivity contribution in [3.63, 3.8) is 0 Å². The lowest BCUT2D eigenvalue weighted by Gasteiger charge is -2.17. The van der Waals surface area contributed by atoms with Gasteiger partial charge < -0.3 is 4.74 Å². The quantitative estimate of drug-likeness (QED) is 0.543. The number of halogens is 3. The van der Waals surface area contributed by atoms with Gasteiger partial charge in [0.25, 0.3) is 0 Å². The van der Waals surface area contributed by atoms with E-state index in [1.165, 1.54) is 6.07 Å². The van der Waals surface area contributed by atoms with E-state index in [4.69, 9.17) is 4.74 Å². The largest absolute Gasteiger partial charge is 0.488 e. The number of carbonyl (C=O) groups excluding carboxylic acids is 1. The molecule has 0 aliphatic rings. The van der Waals surface area contributed by atoms with Crippen molar-refractivity contribution in [3.05, 3.63) is 89.5 Å². The Hall–Kier alpha value is -3.08. The van der Waals surface area contributed by atoms with Gasteiger partial charge in [0, 0.05) is 11.1 Å². The Kier molecular flexibility index (Phi) is 5.07. The second kappa shape index (κ2) is 7.44. The van der Waals surface area contributed by atoms with Gasteiger partial charge in [-0.25, -0.2) is 0 Å². The predicted octanol–water partition coefficient (Wildman–Crippen LogP) is 5.76. The molecule has 0 amide bonds. The van der Waals surface area contributed by atoms with Gasteiger partial charge in [0.2, 0.25) is 0 Å². The monoisotopic (exact) mass is 356 g/mol. The van der Waals surface area contributed by atoms with Crippen LogP contribution in [-0.4, -0.2) is 6.29 Å². The highest BCUT2D eigenvalue weighted by molar-refractivity contribution is 5.82. The standard InChI is InChI=1S/C21H15F3O2/c22-21(23,24)19-11-10-16(13-25)12-18(19)17-8-4-5-9-20(17)26-14-15-6-2-1-3-7-15/h1-13H,14H2. The summed E-state index contributed by atoms with van der Waals surface area (Å²) >= 11 is 0. The average Bonchev–Trinajstić information content (AvgIpc) is 2.66. The number of ether oxygens (including phenoxy) is 1. The van der Waals surface area contributed by atoms with Crippen molar-refractivity contribution >= 4 is 6.29 Å². The van der Waals surface area contributed by atoms with E-state index in [1.54, 1.807) is 24.3 Å². The summed E-state index contributed by atoms with van der Waals surface area (Å²) in [7, 11) is 0. The number of carbonyl (C=O) groups is 1. The summed E-state index contributed by atoms with van der Waals surface area (Å²) < 4.78 is 46.0. The number of hydrogen-bond acceptors (Lipinski definition) is 2. The smallest absolute Gasteiger partial charge is 0.417 e. The van der Waals surface area contributed by atoms with E-state index in [2.05, 4.69) is 0 Å². The van der Waals surface area contributed by atoms with E-state index >= 15 is 0 Å². The van der Waals surface area contributed by atoms with Crippen LogP contribution in [0.2, 0.25) is 0 Å². The molecule has 3 rings (SSSR count). The maximum atomic E-state index is 13.4. The highest BCUT2D eigenvalue weighted by atomic mass is 19.4. The minimum atomic E-state index is -4.54. The predicted molar refractivity (Wildman–Crippen MR) is 93.0 cm³/mol. The molecule has 5 heteroatoms. The second-order valence-electron chi connectivity index (χ2n) is 5.69. The molecule has 0 unspecified atom stereocenters. The van der Waals surface area contributed by atoms with Crippen LogP contribution < -0.4 is 4.74 Å². The minimum absolute atomic E-state index is 0.0780. The SMILES string of the molecule is O=Cc1ccc(C(F)(F)F)c(-c2ccccc2OCc2ccccc2)c1. The molecule has 26 heavy (non-hydrogen) atoms. The van der Waals surface area contributed by atoms with Crippen LogP contribution in [0.3, 0.4) is 0 Å². The van der Waals surface area contributed by atoms with Gasteiger partial charge in [-0.2, -0.15) is 13.2 Å². The van der Waals surface area contributed by atoms with E-state index in [9.17, 15) is 18.0 Å². The number of aldehydes is 1. The Labute approximate surface area is 148 Å². The fraction of sp³-hybridized carbons (Fsp3) is 0.0952. The zero-order chi connectivity index (χ0) is 18.6.